The number of hydrogen-bond acceptors (Lipinski definition) is 6. The van der Waals surface area contributed by atoms with Crippen LogP contribution < -0.4 is 10.6 Å². The van der Waals surface area contributed by atoms with Crippen molar-refractivity contribution < 1.29 is 9.59 Å². The van der Waals surface area contributed by atoms with Crippen LogP contribution in [0.2, 0.25) is 0 Å². The van der Waals surface area contributed by atoms with E-state index in [0.29, 0.717) is 31.0 Å². The Kier molecular flexibility index (Phi) is 5.88. The summed E-state index contributed by atoms with van der Waals surface area (Å²) in [5.74, 6) is 1.15. The highest BCUT2D eigenvalue weighted by Gasteiger charge is 2.22. The molecule has 3 aromatic rings. The first-order valence-corrected chi connectivity index (χ1v) is 10.2. The highest BCUT2D eigenvalue weighted by atomic mass is 16.2. The summed E-state index contributed by atoms with van der Waals surface area (Å²) < 4.78 is 0. The molecule has 1 aromatic carbocycles. The third kappa shape index (κ3) is 4.69. The molecular formula is C23H24N6O2. The van der Waals surface area contributed by atoms with E-state index in [9.17, 15) is 9.59 Å². The predicted molar refractivity (Wildman–Crippen MR) is 117 cm³/mol. The lowest BCUT2D eigenvalue weighted by Crippen LogP contribution is -2.49. The zero-order chi connectivity index (χ0) is 21.8. The van der Waals surface area contributed by atoms with Gasteiger partial charge in [-0.25, -0.2) is 9.97 Å². The topological polar surface area (TPSA) is 100 Å². The van der Waals surface area contributed by atoms with Gasteiger partial charge in [-0.15, -0.1) is 0 Å². The summed E-state index contributed by atoms with van der Waals surface area (Å²) in [6.07, 6.45) is 3.47. The van der Waals surface area contributed by atoms with E-state index in [1.807, 2.05) is 38.1 Å². The van der Waals surface area contributed by atoms with Crippen molar-refractivity contribution >= 4 is 17.6 Å². The van der Waals surface area contributed by atoms with Crippen LogP contribution in [0.15, 0.2) is 48.8 Å². The Morgan fingerprint density at radius 3 is 2.68 bits per heavy atom. The Balaban J connectivity index is 1.45. The van der Waals surface area contributed by atoms with Gasteiger partial charge in [-0.3, -0.25) is 14.6 Å². The standard InChI is InChI=1S/C23H24N6O2/c1-15-16(2)27-22(19-4-3-9-24-13-19)28-21(15)26-12-17-5-7-18(8-6-17)23(31)29-11-10-25-20(30)14-29/h3-9,13H,10-12,14H2,1-2H3,(H,25,30)(H,26,27,28). The molecule has 2 aromatic heterocycles. The van der Waals surface area contributed by atoms with Crippen LogP contribution in [0.25, 0.3) is 11.4 Å². The van der Waals surface area contributed by atoms with Crippen molar-refractivity contribution in [2.24, 2.45) is 0 Å². The van der Waals surface area contributed by atoms with Gasteiger partial charge in [-0.1, -0.05) is 12.1 Å². The Morgan fingerprint density at radius 1 is 1.16 bits per heavy atom. The number of carbonyl (C=O) groups excluding carboxylic acids is 2. The van der Waals surface area contributed by atoms with Gasteiger partial charge in [0, 0.05) is 54.4 Å². The molecule has 1 saturated heterocycles. The van der Waals surface area contributed by atoms with Crippen LogP contribution in [0.3, 0.4) is 0 Å². The van der Waals surface area contributed by atoms with E-state index in [4.69, 9.17) is 0 Å². The largest absolute Gasteiger partial charge is 0.366 e. The number of nitrogens with one attached hydrogen (secondary N) is 2. The van der Waals surface area contributed by atoms with E-state index >= 15 is 0 Å². The maximum absolute atomic E-state index is 12.6. The van der Waals surface area contributed by atoms with E-state index in [-0.39, 0.29) is 18.4 Å². The molecule has 2 amide bonds. The maximum Gasteiger partial charge on any atom is 0.254 e. The van der Waals surface area contributed by atoms with Crippen molar-refractivity contribution in [2.75, 3.05) is 25.0 Å². The van der Waals surface area contributed by atoms with Crippen molar-refractivity contribution in [1.82, 2.24) is 25.2 Å². The van der Waals surface area contributed by atoms with Gasteiger partial charge in [0.05, 0.1) is 6.54 Å². The molecule has 8 nitrogen and oxygen atoms in total. The fourth-order valence-corrected chi connectivity index (χ4v) is 3.37. The highest BCUT2D eigenvalue weighted by molar-refractivity contribution is 5.97. The highest BCUT2D eigenvalue weighted by Crippen LogP contribution is 2.21. The van der Waals surface area contributed by atoms with Crippen LogP contribution in [0.5, 0.6) is 0 Å². The minimum Gasteiger partial charge on any atom is -0.366 e. The predicted octanol–water partition coefficient (Wildman–Crippen LogP) is 2.34. The molecule has 1 fully saturated rings. The average molecular weight is 416 g/mol. The van der Waals surface area contributed by atoms with Crippen LogP contribution >= 0.6 is 0 Å². The van der Waals surface area contributed by atoms with Gasteiger partial charge < -0.3 is 15.5 Å². The lowest BCUT2D eigenvalue weighted by Gasteiger charge is -2.26. The normalized spacial score (nSPS) is 13.6. The number of anilines is 1. The summed E-state index contributed by atoms with van der Waals surface area (Å²) in [6.45, 7) is 5.63. The second-order valence-corrected chi connectivity index (χ2v) is 7.48. The van der Waals surface area contributed by atoms with E-state index in [1.165, 1.54) is 0 Å². The quantitative estimate of drug-likeness (QED) is 0.662. The fourth-order valence-electron chi connectivity index (χ4n) is 3.37. The van der Waals surface area contributed by atoms with Gasteiger partial charge in [0.2, 0.25) is 5.91 Å². The van der Waals surface area contributed by atoms with Crippen LogP contribution in [0.4, 0.5) is 5.82 Å². The second kappa shape index (κ2) is 8.91. The van der Waals surface area contributed by atoms with Crippen molar-refractivity contribution in [3.8, 4) is 11.4 Å². The van der Waals surface area contributed by atoms with Crippen LogP contribution in [-0.4, -0.2) is 51.3 Å². The monoisotopic (exact) mass is 416 g/mol. The van der Waals surface area contributed by atoms with E-state index in [0.717, 1.165) is 28.2 Å². The summed E-state index contributed by atoms with van der Waals surface area (Å²) >= 11 is 0. The summed E-state index contributed by atoms with van der Waals surface area (Å²) in [7, 11) is 0. The molecule has 1 aliphatic rings. The molecule has 31 heavy (non-hydrogen) atoms. The van der Waals surface area contributed by atoms with Gasteiger partial charge >= 0.3 is 0 Å². The zero-order valence-electron chi connectivity index (χ0n) is 17.6. The van der Waals surface area contributed by atoms with Crippen molar-refractivity contribution in [1.29, 1.82) is 0 Å². The summed E-state index contributed by atoms with van der Waals surface area (Å²) in [6, 6.07) is 11.2. The molecule has 1 aliphatic heterocycles. The fraction of sp³-hybridized carbons (Fsp3) is 0.261. The van der Waals surface area contributed by atoms with Gasteiger partial charge in [-0.2, -0.15) is 0 Å². The minimum absolute atomic E-state index is 0.105. The molecule has 0 aliphatic carbocycles. The summed E-state index contributed by atoms with van der Waals surface area (Å²) in [5, 5.41) is 6.11. The van der Waals surface area contributed by atoms with Crippen molar-refractivity contribution in [3.05, 3.63) is 71.2 Å². The molecule has 2 N–H and O–H groups in total. The maximum atomic E-state index is 12.6. The molecular weight excluding hydrogens is 392 g/mol. The molecule has 0 unspecified atom stereocenters. The number of piperazine rings is 1. The molecule has 3 heterocycles. The number of aryl methyl sites for hydroxylation is 1. The van der Waals surface area contributed by atoms with Crippen molar-refractivity contribution in [2.45, 2.75) is 20.4 Å². The Hall–Kier alpha value is -3.81. The van der Waals surface area contributed by atoms with E-state index < -0.39 is 0 Å². The second-order valence-electron chi connectivity index (χ2n) is 7.48. The number of amides is 2. The smallest absolute Gasteiger partial charge is 0.254 e. The number of nitrogens with zero attached hydrogens (tertiary/aromatic N) is 4. The van der Waals surface area contributed by atoms with E-state index in [1.54, 1.807) is 29.4 Å². The van der Waals surface area contributed by atoms with Crippen LogP contribution in [-0.2, 0) is 11.3 Å². The van der Waals surface area contributed by atoms with Crippen LogP contribution in [0, 0.1) is 13.8 Å². The molecule has 158 valence electrons. The van der Waals surface area contributed by atoms with E-state index in [2.05, 4.69) is 25.6 Å². The molecule has 0 saturated carbocycles. The lowest BCUT2D eigenvalue weighted by molar-refractivity contribution is -0.123. The molecule has 0 spiro atoms. The average Bonchev–Trinajstić information content (AvgIpc) is 2.80. The van der Waals surface area contributed by atoms with Gasteiger partial charge in [0.15, 0.2) is 5.82 Å². The number of carbonyl (C=O) groups is 2. The number of hydrogen-bond donors (Lipinski definition) is 2. The number of aromatic nitrogens is 3. The van der Waals surface area contributed by atoms with Gasteiger partial charge in [0.1, 0.15) is 5.82 Å². The molecule has 4 rings (SSSR count). The summed E-state index contributed by atoms with van der Waals surface area (Å²) in [4.78, 5) is 39.1. The number of rotatable bonds is 5. The lowest BCUT2D eigenvalue weighted by atomic mass is 10.1. The summed E-state index contributed by atoms with van der Waals surface area (Å²) in [5.41, 5.74) is 4.35. The number of pyridine rings is 1. The number of benzene rings is 1. The Labute approximate surface area is 180 Å². The SMILES string of the molecule is Cc1nc(-c2cccnc2)nc(NCc2ccc(C(=O)N3CCNC(=O)C3)cc2)c1C. The Morgan fingerprint density at radius 2 is 1.97 bits per heavy atom. The molecule has 0 atom stereocenters. The first-order chi connectivity index (χ1) is 15.0. The third-order valence-corrected chi connectivity index (χ3v) is 5.30. The minimum atomic E-state index is -0.127. The third-order valence-electron chi connectivity index (χ3n) is 5.30. The van der Waals surface area contributed by atoms with Crippen LogP contribution in [0.1, 0.15) is 27.2 Å². The first-order valence-electron chi connectivity index (χ1n) is 10.2. The molecule has 0 radical (unpaired) electrons. The molecule has 8 heteroatoms. The first kappa shape index (κ1) is 20.5. The zero-order valence-corrected chi connectivity index (χ0v) is 17.6. The Bertz CT molecular complexity index is 1100. The van der Waals surface area contributed by atoms with Gasteiger partial charge in [0.25, 0.3) is 5.91 Å². The molecule has 0 bridgehead atoms. The van der Waals surface area contributed by atoms with Gasteiger partial charge in [-0.05, 0) is 43.7 Å². The van der Waals surface area contributed by atoms with Crippen molar-refractivity contribution in [3.63, 3.8) is 0 Å².